The van der Waals surface area contributed by atoms with Crippen molar-refractivity contribution in [2.75, 3.05) is 48.1 Å². The van der Waals surface area contributed by atoms with Crippen LogP contribution in [0.1, 0.15) is 125 Å². The zero-order valence-electron chi connectivity index (χ0n) is 45.6. The number of hydrogen-bond acceptors (Lipinski definition) is 8. The Hall–Kier alpha value is 1.74. The second kappa shape index (κ2) is 59.8. The van der Waals surface area contributed by atoms with Gasteiger partial charge in [-0.15, -0.1) is 0 Å². The predicted molar refractivity (Wildman–Crippen MR) is 261 cm³/mol. The van der Waals surface area contributed by atoms with E-state index in [2.05, 4.69) is 104 Å². The SMILES string of the molecule is CC(O)CN(CC(C)O)CC(C)O.CC1C(C)C(C)C(C)C1C.CC1C(C)C(C)C(C)C1C.CC1C(C)C(C)C(C)C1C.CO.CO.CO.CO.O.O.[CH3-].[CH3-].[CH3-].[CH3-].[CH3-].[Ti+3].[Ti].[Ti]. The normalized spacial score (nSPS) is 31.7. The molecule has 3 unspecified atom stereocenters. The number of hydrogen-bond donors (Lipinski definition) is 7. The fourth-order valence-electron chi connectivity index (χ4n) is 8.53. The minimum Gasteiger partial charge on any atom is -0.412 e. The average Bonchev–Trinajstić information content (AvgIpc) is 3.47. The van der Waals surface area contributed by atoms with Gasteiger partial charge in [0.15, 0.2) is 0 Å². The second-order valence-corrected chi connectivity index (χ2v) is 16.7. The third-order valence-corrected chi connectivity index (χ3v) is 14.0. The van der Waals surface area contributed by atoms with Gasteiger partial charge in [-0.3, -0.25) is 4.90 Å². The third-order valence-electron chi connectivity index (χ3n) is 14.0. The maximum atomic E-state index is 9.14. The Morgan fingerprint density at radius 3 is 0.410 bits per heavy atom. The Morgan fingerprint density at radius 1 is 0.295 bits per heavy atom. The van der Waals surface area contributed by atoms with E-state index < -0.39 is 18.3 Å². The number of aliphatic hydroxyl groups excluding tert-OH is 7. The molecule has 0 amide bonds. The summed E-state index contributed by atoms with van der Waals surface area (Å²) < 4.78 is 0. The van der Waals surface area contributed by atoms with E-state index in [4.69, 9.17) is 35.7 Å². The van der Waals surface area contributed by atoms with Gasteiger partial charge in [0, 0.05) is 91.5 Å². The van der Waals surface area contributed by atoms with Crippen LogP contribution in [-0.4, -0.2) is 118 Å². The topological polar surface area (TPSA) is 208 Å². The van der Waals surface area contributed by atoms with Crippen molar-refractivity contribution in [2.45, 2.75) is 143 Å². The van der Waals surface area contributed by atoms with E-state index in [1.165, 1.54) is 0 Å². The molecule has 3 aliphatic carbocycles. The molecule has 0 saturated heterocycles. The predicted octanol–water partition coefficient (Wildman–Crippen LogP) is 8.00. The summed E-state index contributed by atoms with van der Waals surface area (Å²) in [5.74, 6) is 14.0. The molecule has 3 rings (SSSR count). The average molecular weight is 995 g/mol. The molecule has 3 atom stereocenters. The van der Waals surface area contributed by atoms with Gasteiger partial charge in [0.2, 0.25) is 0 Å². The summed E-state index contributed by atoms with van der Waals surface area (Å²) in [7, 11) is 4.00. The molecule has 0 aromatic carbocycles. The maximum Gasteiger partial charge on any atom is 3.00 e. The van der Waals surface area contributed by atoms with Gasteiger partial charge in [0.05, 0.1) is 18.3 Å². The number of aliphatic hydroxyl groups is 7. The summed E-state index contributed by atoms with van der Waals surface area (Å²) in [5, 5.41) is 55.4. The van der Waals surface area contributed by atoms with Gasteiger partial charge in [-0.2, -0.15) is 0 Å². The second-order valence-electron chi connectivity index (χ2n) is 16.7. The fourth-order valence-corrected chi connectivity index (χ4v) is 8.53. The van der Waals surface area contributed by atoms with E-state index >= 15 is 0 Å². The summed E-state index contributed by atoms with van der Waals surface area (Å²) >= 11 is 0. The minimum absolute atomic E-state index is 0. The summed E-state index contributed by atoms with van der Waals surface area (Å²) in [6, 6.07) is 0. The molecule has 11 N–H and O–H groups in total. The molecular formula is C48H116NO9Ti3-2. The van der Waals surface area contributed by atoms with Crippen molar-refractivity contribution in [1.82, 2.24) is 4.90 Å². The molecule has 61 heavy (non-hydrogen) atoms. The molecule has 3 aliphatic rings. The zero-order valence-corrected chi connectivity index (χ0v) is 50.3. The van der Waals surface area contributed by atoms with Crippen LogP contribution in [0.5, 0.6) is 0 Å². The van der Waals surface area contributed by atoms with Crippen LogP contribution in [0.25, 0.3) is 0 Å². The van der Waals surface area contributed by atoms with Crippen molar-refractivity contribution in [3.05, 3.63) is 37.1 Å². The third kappa shape index (κ3) is 40.5. The van der Waals surface area contributed by atoms with Crippen LogP contribution in [0.2, 0.25) is 0 Å². The van der Waals surface area contributed by atoms with Crippen LogP contribution in [0.4, 0.5) is 0 Å². The van der Waals surface area contributed by atoms with E-state index in [1.54, 1.807) is 20.8 Å². The van der Waals surface area contributed by atoms with Crippen molar-refractivity contribution >= 4 is 0 Å². The van der Waals surface area contributed by atoms with E-state index in [0.717, 1.165) is 117 Å². The molecule has 3 fully saturated rings. The first-order valence-corrected chi connectivity index (χ1v) is 20.1. The van der Waals surface area contributed by atoms with E-state index in [9.17, 15) is 0 Å². The van der Waals surface area contributed by atoms with Crippen molar-refractivity contribution in [3.63, 3.8) is 0 Å². The van der Waals surface area contributed by atoms with Gasteiger partial charge in [-0.25, -0.2) is 0 Å². The number of rotatable bonds is 6. The van der Waals surface area contributed by atoms with Gasteiger partial charge in [0.1, 0.15) is 0 Å². The summed E-state index contributed by atoms with van der Waals surface area (Å²) in [4.78, 5) is 1.85. The molecule has 0 bridgehead atoms. The first-order valence-electron chi connectivity index (χ1n) is 20.1. The molecule has 0 aromatic rings. The van der Waals surface area contributed by atoms with E-state index in [-0.39, 0.29) is 113 Å². The summed E-state index contributed by atoms with van der Waals surface area (Å²) in [6.45, 7) is 42.5. The van der Waals surface area contributed by atoms with Crippen LogP contribution in [-0.2, 0) is 65.2 Å². The molecule has 0 spiro atoms. The van der Waals surface area contributed by atoms with E-state index in [1.807, 2.05) is 4.90 Å². The smallest absolute Gasteiger partial charge is 0.412 e. The Morgan fingerprint density at radius 2 is 0.361 bits per heavy atom. The summed E-state index contributed by atoms with van der Waals surface area (Å²) in [6.07, 6.45) is -1.30. The quantitative estimate of drug-likeness (QED) is 0.102. The Labute approximate surface area is 430 Å². The molecule has 10 nitrogen and oxygen atoms in total. The molecule has 13 heteroatoms. The number of nitrogens with zero attached hydrogens (tertiary/aromatic N) is 1. The molecule has 381 valence electrons. The van der Waals surface area contributed by atoms with Crippen LogP contribution in [0.15, 0.2) is 0 Å². The first-order chi connectivity index (χ1) is 23.6. The Balaban J connectivity index is -0.0000000321. The van der Waals surface area contributed by atoms with Crippen LogP contribution in [0, 0.1) is 126 Å². The van der Waals surface area contributed by atoms with Crippen LogP contribution >= 0.6 is 0 Å². The van der Waals surface area contributed by atoms with Crippen LogP contribution < -0.4 is 0 Å². The van der Waals surface area contributed by atoms with Gasteiger partial charge in [0.25, 0.3) is 0 Å². The zero-order chi connectivity index (χ0) is 42.1. The summed E-state index contributed by atoms with van der Waals surface area (Å²) in [5.41, 5.74) is 0. The Bertz CT molecular complexity index is 534. The van der Waals surface area contributed by atoms with Gasteiger partial charge in [-0.1, -0.05) is 104 Å². The molecule has 0 aliphatic heterocycles. The Kier molecular flexibility index (Phi) is 103. The van der Waals surface area contributed by atoms with Gasteiger partial charge in [-0.05, 0) is 110 Å². The van der Waals surface area contributed by atoms with Crippen molar-refractivity contribution in [3.8, 4) is 0 Å². The molecule has 1 radical (unpaired) electrons. The van der Waals surface area contributed by atoms with Gasteiger partial charge < -0.3 is 83.8 Å². The maximum absolute atomic E-state index is 9.14. The fraction of sp³-hybridized carbons (Fsp3) is 0.896. The largest absolute Gasteiger partial charge is 3.00 e. The van der Waals surface area contributed by atoms with Crippen LogP contribution in [0.3, 0.4) is 0 Å². The molecule has 0 aromatic heterocycles. The molecule has 3 saturated carbocycles. The monoisotopic (exact) mass is 995 g/mol. The van der Waals surface area contributed by atoms with Gasteiger partial charge >= 0.3 is 21.7 Å². The minimum atomic E-state index is -0.433. The van der Waals surface area contributed by atoms with Crippen molar-refractivity contribution in [2.24, 2.45) is 88.8 Å². The molecular weight excluding hydrogens is 878 g/mol. The standard InChI is InChI=1S/3C10H20.C9H21NO3.4CH4O.5CH3.2H2O.3Ti/c3*1-6-7(2)9(4)10(5)8(6)3;1-7(11)4-10(5-8(2)12)6-9(3)13;4*1-2;;;;;;;;;;/h3*6-10H,1-5H3;7-9,11-13H,4-6H2,1-3H3;4*2H,1H3;5*1H3;2*1H2;;;/q;;;;;;;;5*-1;;;;;+3. The van der Waals surface area contributed by atoms with Crippen molar-refractivity contribution in [1.29, 1.82) is 0 Å². The van der Waals surface area contributed by atoms with E-state index in [0.29, 0.717) is 19.6 Å². The van der Waals surface area contributed by atoms with Crippen molar-refractivity contribution < 1.29 is 112 Å². The first kappa shape index (κ1) is 105. The molecule has 0 heterocycles.